The zero-order valence-electron chi connectivity index (χ0n) is 11.7. The molecule has 0 spiro atoms. The van der Waals surface area contributed by atoms with Crippen molar-refractivity contribution in [1.82, 2.24) is 5.32 Å². The zero-order chi connectivity index (χ0) is 13.2. The van der Waals surface area contributed by atoms with E-state index < -0.39 is 0 Å². The normalized spacial score (nSPS) is 16.8. The molecule has 1 aliphatic carbocycles. The highest BCUT2D eigenvalue weighted by atomic mass is 35.5. The van der Waals surface area contributed by atoms with Crippen LogP contribution in [0.1, 0.15) is 47.2 Å². The van der Waals surface area contributed by atoms with Gasteiger partial charge in [-0.15, -0.1) is 12.4 Å². The lowest BCUT2D eigenvalue weighted by atomic mass is 9.96. The summed E-state index contributed by atoms with van der Waals surface area (Å²) in [6, 6.07) is 5.97. The summed E-state index contributed by atoms with van der Waals surface area (Å²) in [5.74, 6) is 0.0172. The highest BCUT2D eigenvalue weighted by Gasteiger charge is 2.34. The van der Waals surface area contributed by atoms with Gasteiger partial charge in [0.2, 0.25) is 0 Å². The number of nitrogens with one attached hydrogen (secondary N) is 1. The summed E-state index contributed by atoms with van der Waals surface area (Å²) in [4.78, 5) is 12.4. The largest absolute Gasteiger partial charge is 0.345 e. The number of carbonyl (C=O) groups is 1. The van der Waals surface area contributed by atoms with Crippen LogP contribution in [-0.2, 0) is 0 Å². The Morgan fingerprint density at radius 2 is 1.95 bits per heavy atom. The fourth-order valence-electron chi connectivity index (χ4n) is 2.72. The standard InChI is InChI=1S/C15H22N2O.ClH/c1-11-5-6-12(2)13(9-11)14(18)17-15(10-16)7-3-4-8-15;/h5-6,9H,3-4,7-8,10,16H2,1-2H3,(H,17,18);1H. The molecule has 0 saturated heterocycles. The van der Waals surface area contributed by atoms with E-state index in [-0.39, 0.29) is 23.9 Å². The molecular weight excluding hydrogens is 260 g/mol. The second-order valence-electron chi connectivity index (χ2n) is 5.46. The fourth-order valence-corrected chi connectivity index (χ4v) is 2.72. The van der Waals surface area contributed by atoms with Crippen molar-refractivity contribution < 1.29 is 4.79 Å². The van der Waals surface area contributed by atoms with Gasteiger partial charge in [0.15, 0.2) is 0 Å². The Labute approximate surface area is 121 Å². The minimum atomic E-state index is -0.173. The topological polar surface area (TPSA) is 55.1 Å². The Kier molecular flexibility index (Phi) is 5.39. The number of nitrogens with two attached hydrogens (primary N) is 1. The minimum Gasteiger partial charge on any atom is -0.345 e. The van der Waals surface area contributed by atoms with E-state index in [1.54, 1.807) is 0 Å². The Morgan fingerprint density at radius 3 is 2.53 bits per heavy atom. The van der Waals surface area contributed by atoms with Crippen molar-refractivity contribution in [3.8, 4) is 0 Å². The molecule has 19 heavy (non-hydrogen) atoms. The summed E-state index contributed by atoms with van der Waals surface area (Å²) in [5, 5.41) is 3.16. The van der Waals surface area contributed by atoms with Gasteiger partial charge in [0.05, 0.1) is 5.54 Å². The van der Waals surface area contributed by atoms with Crippen molar-refractivity contribution in [3.05, 3.63) is 34.9 Å². The van der Waals surface area contributed by atoms with Gasteiger partial charge in [-0.2, -0.15) is 0 Å². The van der Waals surface area contributed by atoms with Crippen molar-refractivity contribution in [2.45, 2.75) is 45.1 Å². The van der Waals surface area contributed by atoms with Gasteiger partial charge in [0.25, 0.3) is 5.91 Å². The van der Waals surface area contributed by atoms with Crippen LogP contribution in [0.5, 0.6) is 0 Å². The number of amides is 1. The van der Waals surface area contributed by atoms with Crippen LogP contribution in [0.4, 0.5) is 0 Å². The van der Waals surface area contributed by atoms with Gasteiger partial charge in [-0.25, -0.2) is 0 Å². The van der Waals surface area contributed by atoms with Crippen LogP contribution in [0.15, 0.2) is 18.2 Å². The van der Waals surface area contributed by atoms with Crippen LogP contribution < -0.4 is 11.1 Å². The molecule has 1 saturated carbocycles. The van der Waals surface area contributed by atoms with Crippen molar-refractivity contribution in [3.63, 3.8) is 0 Å². The minimum absolute atomic E-state index is 0. The first kappa shape index (κ1) is 16.0. The first-order chi connectivity index (χ1) is 8.56. The van der Waals surface area contributed by atoms with Gasteiger partial charge in [-0.1, -0.05) is 30.5 Å². The Morgan fingerprint density at radius 1 is 1.32 bits per heavy atom. The maximum absolute atomic E-state index is 12.4. The molecule has 1 fully saturated rings. The molecule has 1 amide bonds. The molecule has 1 aliphatic rings. The SMILES string of the molecule is Cc1ccc(C)c(C(=O)NC2(CN)CCCC2)c1.Cl. The average Bonchev–Trinajstić information content (AvgIpc) is 2.81. The van der Waals surface area contributed by atoms with Crippen molar-refractivity contribution in [1.29, 1.82) is 0 Å². The van der Waals surface area contributed by atoms with Crippen LogP contribution >= 0.6 is 12.4 Å². The molecule has 1 aromatic carbocycles. The predicted octanol–water partition coefficient (Wildman–Crippen LogP) is 2.73. The molecule has 2 rings (SSSR count). The summed E-state index contributed by atoms with van der Waals surface area (Å²) in [7, 11) is 0. The van der Waals surface area contributed by atoms with Crippen LogP contribution in [-0.4, -0.2) is 18.0 Å². The van der Waals surface area contributed by atoms with Crippen molar-refractivity contribution in [2.75, 3.05) is 6.54 Å². The van der Waals surface area contributed by atoms with Gasteiger partial charge < -0.3 is 11.1 Å². The van der Waals surface area contributed by atoms with Crippen LogP contribution in [0.3, 0.4) is 0 Å². The molecule has 1 aromatic rings. The number of hydrogen-bond donors (Lipinski definition) is 2. The van der Waals surface area contributed by atoms with Gasteiger partial charge in [0.1, 0.15) is 0 Å². The third-order valence-electron chi connectivity index (χ3n) is 3.97. The average molecular weight is 283 g/mol. The zero-order valence-corrected chi connectivity index (χ0v) is 12.5. The second kappa shape index (κ2) is 6.40. The molecule has 0 radical (unpaired) electrons. The molecule has 0 atom stereocenters. The maximum atomic E-state index is 12.4. The predicted molar refractivity (Wildman–Crippen MR) is 80.9 cm³/mol. The second-order valence-corrected chi connectivity index (χ2v) is 5.46. The number of rotatable bonds is 3. The van der Waals surface area contributed by atoms with Gasteiger partial charge >= 0.3 is 0 Å². The molecule has 0 aliphatic heterocycles. The molecule has 0 bridgehead atoms. The van der Waals surface area contributed by atoms with E-state index in [1.807, 2.05) is 32.0 Å². The van der Waals surface area contributed by atoms with E-state index in [0.717, 1.165) is 42.4 Å². The maximum Gasteiger partial charge on any atom is 0.252 e. The van der Waals surface area contributed by atoms with Gasteiger partial charge in [-0.05, 0) is 38.3 Å². The van der Waals surface area contributed by atoms with E-state index in [2.05, 4.69) is 5.32 Å². The number of aryl methyl sites for hydroxylation is 2. The fraction of sp³-hybridized carbons (Fsp3) is 0.533. The van der Waals surface area contributed by atoms with Gasteiger partial charge in [-0.3, -0.25) is 4.79 Å². The Balaban J connectivity index is 0.00000180. The smallest absolute Gasteiger partial charge is 0.252 e. The van der Waals surface area contributed by atoms with Crippen molar-refractivity contribution in [2.24, 2.45) is 5.73 Å². The first-order valence-corrected chi connectivity index (χ1v) is 6.66. The lowest BCUT2D eigenvalue weighted by Crippen LogP contribution is -2.51. The third kappa shape index (κ3) is 3.48. The molecule has 0 aromatic heterocycles. The highest BCUT2D eigenvalue weighted by Crippen LogP contribution is 2.29. The van der Waals surface area contributed by atoms with Crippen LogP contribution in [0, 0.1) is 13.8 Å². The summed E-state index contributed by atoms with van der Waals surface area (Å²) in [5.41, 5.74) is 8.58. The number of halogens is 1. The third-order valence-corrected chi connectivity index (χ3v) is 3.97. The Bertz CT molecular complexity index is 453. The summed E-state index contributed by atoms with van der Waals surface area (Å²) in [6.07, 6.45) is 4.31. The molecule has 3 nitrogen and oxygen atoms in total. The van der Waals surface area contributed by atoms with Crippen molar-refractivity contribution >= 4 is 18.3 Å². The molecule has 3 N–H and O–H groups in total. The molecule has 0 unspecified atom stereocenters. The molecule has 4 heteroatoms. The van der Waals surface area contributed by atoms with Crippen LogP contribution in [0.25, 0.3) is 0 Å². The monoisotopic (exact) mass is 282 g/mol. The molecule has 106 valence electrons. The van der Waals surface area contributed by atoms with E-state index in [9.17, 15) is 4.79 Å². The summed E-state index contributed by atoms with van der Waals surface area (Å²) >= 11 is 0. The first-order valence-electron chi connectivity index (χ1n) is 6.66. The molecular formula is C15H23ClN2O. The number of hydrogen-bond acceptors (Lipinski definition) is 2. The Hall–Kier alpha value is -1.06. The number of carbonyl (C=O) groups excluding carboxylic acids is 1. The summed E-state index contributed by atoms with van der Waals surface area (Å²) in [6.45, 7) is 4.51. The van der Waals surface area contributed by atoms with E-state index in [0.29, 0.717) is 6.54 Å². The van der Waals surface area contributed by atoms with E-state index >= 15 is 0 Å². The van der Waals surface area contributed by atoms with Gasteiger partial charge in [0, 0.05) is 12.1 Å². The summed E-state index contributed by atoms with van der Waals surface area (Å²) < 4.78 is 0. The van der Waals surface area contributed by atoms with Crippen LogP contribution in [0.2, 0.25) is 0 Å². The lowest BCUT2D eigenvalue weighted by Gasteiger charge is -2.29. The molecule has 0 heterocycles. The number of benzene rings is 1. The van der Waals surface area contributed by atoms with E-state index in [4.69, 9.17) is 5.73 Å². The lowest BCUT2D eigenvalue weighted by molar-refractivity contribution is 0.0902. The quantitative estimate of drug-likeness (QED) is 0.896. The highest BCUT2D eigenvalue weighted by molar-refractivity contribution is 5.96. The van der Waals surface area contributed by atoms with E-state index in [1.165, 1.54) is 0 Å².